The van der Waals surface area contributed by atoms with Crippen molar-refractivity contribution in [2.75, 3.05) is 4.90 Å². The van der Waals surface area contributed by atoms with E-state index in [1.54, 1.807) is 30.0 Å². The van der Waals surface area contributed by atoms with Gasteiger partial charge in [-0.25, -0.2) is 0 Å². The van der Waals surface area contributed by atoms with Crippen molar-refractivity contribution in [1.82, 2.24) is 0 Å². The van der Waals surface area contributed by atoms with Gasteiger partial charge in [-0.15, -0.1) is 0 Å². The van der Waals surface area contributed by atoms with Crippen LogP contribution >= 0.6 is 0 Å². The summed E-state index contributed by atoms with van der Waals surface area (Å²) in [7, 11) is 0. The van der Waals surface area contributed by atoms with Gasteiger partial charge in [-0.1, -0.05) is 30.3 Å². The molecule has 0 saturated heterocycles. The molecule has 0 amide bonds. The topological polar surface area (TPSA) is 73.2 Å². The Morgan fingerprint density at radius 1 is 0.606 bits per heavy atom. The Labute approximate surface area is 193 Å². The highest BCUT2D eigenvalue weighted by Gasteiger charge is 2.23. The number of aryl methyl sites for hydroxylation is 3. The largest absolute Gasteiger partial charge is 0.507 e. The fourth-order valence-electron chi connectivity index (χ4n) is 3.81. The third kappa shape index (κ3) is 4.30. The molecule has 0 atom stereocenters. The normalized spacial score (nSPS) is 10.8. The minimum absolute atomic E-state index is 0.0777. The lowest BCUT2D eigenvalue weighted by atomic mass is 10.1. The van der Waals surface area contributed by atoms with Gasteiger partial charge in [-0.05, 0) is 86.8 Å². The second-order valence-corrected chi connectivity index (χ2v) is 8.24. The van der Waals surface area contributed by atoms with E-state index in [4.69, 9.17) is 4.74 Å². The molecule has 0 heterocycles. The molecule has 0 saturated carbocycles. The van der Waals surface area contributed by atoms with Crippen molar-refractivity contribution in [3.63, 3.8) is 0 Å². The molecular weight excluding hydrogens is 414 g/mol. The van der Waals surface area contributed by atoms with Gasteiger partial charge in [0.25, 0.3) is 0 Å². The zero-order valence-electron chi connectivity index (χ0n) is 19.1. The first-order chi connectivity index (χ1) is 15.8. The molecular formula is C28H27NO4. The van der Waals surface area contributed by atoms with Crippen LogP contribution in [0.15, 0.2) is 72.8 Å². The van der Waals surface area contributed by atoms with Crippen LogP contribution in [0, 0.1) is 27.7 Å². The number of hydrogen-bond donors (Lipinski definition) is 3. The van der Waals surface area contributed by atoms with E-state index in [0.717, 1.165) is 16.7 Å². The molecule has 33 heavy (non-hydrogen) atoms. The number of phenolic OH excluding ortho intramolecular Hbond substituents is 3. The van der Waals surface area contributed by atoms with Gasteiger partial charge in [0, 0.05) is 5.56 Å². The zero-order valence-corrected chi connectivity index (χ0v) is 19.1. The van der Waals surface area contributed by atoms with Gasteiger partial charge in [0.1, 0.15) is 23.0 Å². The average Bonchev–Trinajstić information content (AvgIpc) is 2.78. The number of rotatable bonds is 5. The van der Waals surface area contributed by atoms with Crippen molar-refractivity contribution in [1.29, 1.82) is 0 Å². The van der Waals surface area contributed by atoms with E-state index in [-0.39, 0.29) is 17.2 Å². The van der Waals surface area contributed by atoms with Crippen LogP contribution in [0.3, 0.4) is 0 Å². The maximum atomic E-state index is 10.8. The van der Waals surface area contributed by atoms with Crippen LogP contribution in [-0.4, -0.2) is 15.3 Å². The molecule has 0 unspecified atom stereocenters. The van der Waals surface area contributed by atoms with Crippen LogP contribution in [0.1, 0.15) is 22.3 Å². The maximum Gasteiger partial charge on any atom is 0.151 e. The highest BCUT2D eigenvalue weighted by molar-refractivity contribution is 5.85. The highest BCUT2D eigenvalue weighted by Crippen LogP contribution is 2.48. The van der Waals surface area contributed by atoms with Gasteiger partial charge >= 0.3 is 0 Å². The minimum Gasteiger partial charge on any atom is -0.507 e. The molecule has 0 aliphatic carbocycles. The molecule has 5 nitrogen and oxygen atoms in total. The summed E-state index contributed by atoms with van der Waals surface area (Å²) < 4.78 is 6.26. The Bertz CT molecular complexity index is 1280. The van der Waals surface area contributed by atoms with Crippen LogP contribution < -0.4 is 9.64 Å². The molecule has 0 radical (unpaired) electrons. The van der Waals surface area contributed by atoms with Gasteiger partial charge < -0.3 is 20.1 Å². The first-order valence-corrected chi connectivity index (χ1v) is 10.7. The number of ether oxygens (including phenoxy) is 1. The number of hydrogen-bond acceptors (Lipinski definition) is 5. The van der Waals surface area contributed by atoms with E-state index in [0.29, 0.717) is 34.1 Å². The fraction of sp³-hybridized carbons (Fsp3) is 0.143. The number of benzene rings is 4. The standard InChI is InChI=1S/C28H27NO4/c1-17-9-12-21(24(30)15-17)29(22-13-10-18(2)16-25(22)31)23-7-5-6-8-27(23)33-26-14-11-19(3)28(32)20(26)4/h5-16,30-32H,1-4H3. The highest BCUT2D eigenvalue weighted by atomic mass is 16.5. The number of nitrogens with zero attached hydrogens (tertiary/aromatic N) is 1. The lowest BCUT2D eigenvalue weighted by Gasteiger charge is -2.28. The first kappa shape index (κ1) is 22.1. The molecule has 0 aliphatic heterocycles. The van der Waals surface area contributed by atoms with E-state index < -0.39 is 0 Å². The van der Waals surface area contributed by atoms with E-state index in [1.165, 1.54) is 0 Å². The third-order valence-electron chi connectivity index (χ3n) is 5.65. The Balaban J connectivity index is 1.91. The van der Waals surface area contributed by atoms with Crippen LogP contribution in [-0.2, 0) is 0 Å². The van der Waals surface area contributed by atoms with Crippen molar-refractivity contribution < 1.29 is 20.1 Å². The van der Waals surface area contributed by atoms with E-state index in [1.807, 2.05) is 75.4 Å². The summed E-state index contributed by atoms with van der Waals surface area (Å²) in [5.41, 5.74) is 4.85. The zero-order chi connectivity index (χ0) is 23.7. The van der Waals surface area contributed by atoms with Crippen molar-refractivity contribution in [2.24, 2.45) is 0 Å². The van der Waals surface area contributed by atoms with E-state index >= 15 is 0 Å². The summed E-state index contributed by atoms with van der Waals surface area (Å²) in [5.74, 6) is 1.37. The number of anilines is 3. The van der Waals surface area contributed by atoms with Gasteiger partial charge in [0.15, 0.2) is 5.75 Å². The second-order valence-electron chi connectivity index (χ2n) is 8.24. The molecule has 4 rings (SSSR count). The molecule has 0 fully saturated rings. The summed E-state index contributed by atoms with van der Waals surface area (Å²) >= 11 is 0. The van der Waals surface area contributed by atoms with Gasteiger partial charge in [-0.3, -0.25) is 4.90 Å². The smallest absolute Gasteiger partial charge is 0.151 e. The molecule has 168 valence electrons. The second kappa shape index (κ2) is 8.79. The monoisotopic (exact) mass is 441 g/mol. The predicted molar refractivity (Wildman–Crippen MR) is 132 cm³/mol. The van der Waals surface area contributed by atoms with Crippen LogP contribution in [0.25, 0.3) is 0 Å². The van der Waals surface area contributed by atoms with Gasteiger partial charge in [0.05, 0.1) is 17.1 Å². The fourth-order valence-corrected chi connectivity index (χ4v) is 3.81. The molecule has 3 N–H and O–H groups in total. The van der Waals surface area contributed by atoms with Crippen molar-refractivity contribution in [2.45, 2.75) is 27.7 Å². The maximum absolute atomic E-state index is 10.8. The number of aromatic hydroxyl groups is 3. The quantitative estimate of drug-likeness (QED) is 0.303. The third-order valence-corrected chi connectivity index (χ3v) is 5.65. The number of para-hydroxylation sites is 2. The molecule has 0 bridgehead atoms. The molecule has 5 heteroatoms. The summed E-state index contributed by atoms with van der Waals surface area (Å²) in [6.07, 6.45) is 0. The van der Waals surface area contributed by atoms with E-state index in [2.05, 4.69) is 0 Å². The Hall–Kier alpha value is -4.12. The molecule has 0 aliphatic rings. The molecule has 0 aromatic heterocycles. The predicted octanol–water partition coefficient (Wildman–Crippen LogP) is 7.30. The van der Waals surface area contributed by atoms with Crippen LogP contribution in [0.4, 0.5) is 17.1 Å². The summed E-state index contributed by atoms with van der Waals surface area (Å²) in [4.78, 5) is 1.77. The Morgan fingerprint density at radius 3 is 1.76 bits per heavy atom. The molecule has 4 aromatic rings. The lowest BCUT2D eigenvalue weighted by Crippen LogP contribution is -2.12. The average molecular weight is 442 g/mol. The summed E-state index contributed by atoms with van der Waals surface area (Å²) in [5, 5.41) is 32.0. The van der Waals surface area contributed by atoms with Crippen LogP contribution in [0.2, 0.25) is 0 Å². The van der Waals surface area contributed by atoms with Gasteiger partial charge in [-0.2, -0.15) is 0 Å². The van der Waals surface area contributed by atoms with Crippen molar-refractivity contribution >= 4 is 17.1 Å². The number of phenols is 3. The van der Waals surface area contributed by atoms with Crippen LogP contribution in [0.5, 0.6) is 28.7 Å². The Morgan fingerprint density at radius 2 is 1.18 bits per heavy atom. The van der Waals surface area contributed by atoms with Crippen molar-refractivity contribution in [3.8, 4) is 28.7 Å². The summed E-state index contributed by atoms with van der Waals surface area (Å²) in [6.45, 7) is 7.44. The minimum atomic E-state index is 0.0777. The molecule has 4 aromatic carbocycles. The van der Waals surface area contributed by atoms with E-state index in [9.17, 15) is 15.3 Å². The van der Waals surface area contributed by atoms with Gasteiger partial charge in [0.2, 0.25) is 0 Å². The van der Waals surface area contributed by atoms with Crippen molar-refractivity contribution in [3.05, 3.63) is 95.1 Å². The Kier molecular flexibility index (Phi) is 5.88. The SMILES string of the molecule is Cc1ccc(N(c2ccc(C)cc2O)c2ccccc2Oc2ccc(C)c(O)c2C)c(O)c1. The molecule has 0 spiro atoms. The first-order valence-electron chi connectivity index (χ1n) is 10.7. The summed E-state index contributed by atoms with van der Waals surface area (Å²) in [6, 6.07) is 21.8. The lowest BCUT2D eigenvalue weighted by molar-refractivity contribution is 0.445.